The summed E-state index contributed by atoms with van der Waals surface area (Å²) in [5, 5.41) is 0. The number of nitrogens with zero attached hydrogens (tertiary/aromatic N) is 1. The van der Waals surface area contributed by atoms with E-state index in [4.69, 9.17) is 9.47 Å². The summed E-state index contributed by atoms with van der Waals surface area (Å²) in [6, 6.07) is 0. The zero-order chi connectivity index (χ0) is 30.5. The maximum Gasteiger partial charge on any atom is 0.306 e. The molecule has 0 aromatic carbocycles. The van der Waals surface area contributed by atoms with Gasteiger partial charge in [0.2, 0.25) is 0 Å². The van der Waals surface area contributed by atoms with Crippen molar-refractivity contribution < 1.29 is 19.1 Å². The number of ether oxygens (including phenoxy) is 2. The SMILES string of the molecule is CCCCCCCC(CCCCCCCC(=O)OC1CCCCCCCCCCCCCC1)OC(=O)CCCN(C)C. The smallest absolute Gasteiger partial charge is 0.306 e. The molecule has 0 bridgehead atoms. The largest absolute Gasteiger partial charge is 0.462 e. The van der Waals surface area contributed by atoms with Gasteiger partial charge in [0.25, 0.3) is 0 Å². The van der Waals surface area contributed by atoms with Gasteiger partial charge in [0, 0.05) is 12.8 Å². The van der Waals surface area contributed by atoms with Crippen LogP contribution in [0, 0.1) is 0 Å². The van der Waals surface area contributed by atoms with Crippen molar-refractivity contribution in [2.75, 3.05) is 20.6 Å². The molecule has 1 fully saturated rings. The first-order valence-electron chi connectivity index (χ1n) is 18.5. The molecule has 5 nitrogen and oxygen atoms in total. The number of carbonyl (C=O) groups excluding carboxylic acids is 2. The van der Waals surface area contributed by atoms with Gasteiger partial charge in [-0.3, -0.25) is 9.59 Å². The van der Waals surface area contributed by atoms with Crippen molar-refractivity contribution in [3.05, 3.63) is 0 Å². The molecule has 0 N–H and O–H groups in total. The van der Waals surface area contributed by atoms with E-state index in [2.05, 4.69) is 11.8 Å². The average molecular weight is 594 g/mol. The zero-order valence-electron chi connectivity index (χ0n) is 28.4. The van der Waals surface area contributed by atoms with E-state index in [9.17, 15) is 9.59 Å². The van der Waals surface area contributed by atoms with E-state index in [-0.39, 0.29) is 24.1 Å². The Morgan fingerprint density at radius 1 is 0.595 bits per heavy atom. The average Bonchev–Trinajstić information content (AvgIpc) is 2.96. The monoisotopic (exact) mass is 594 g/mol. The van der Waals surface area contributed by atoms with Gasteiger partial charge in [-0.2, -0.15) is 0 Å². The first kappa shape index (κ1) is 38.9. The van der Waals surface area contributed by atoms with Crippen molar-refractivity contribution in [3.63, 3.8) is 0 Å². The van der Waals surface area contributed by atoms with E-state index in [0.29, 0.717) is 12.8 Å². The van der Waals surface area contributed by atoms with Gasteiger partial charge >= 0.3 is 11.9 Å². The van der Waals surface area contributed by atoms with Crippen LogP contribution in [0.25, 0.3) is 0 Å². The molecule has 0 saturated heterocycles. The summed E-state index contributed by atoms with van der Waals surface area (Å²) in [6.07, 6.45) is 33.7. The van der Waals surface area contributed by atoms with Gasteiger partial charge in [0.1, 0.15) is 12.2 Å². The van der Waals surface area contributed by atoms with E-state index >= 15 is 0 Å². The summed E-state index contributed by atoms with van der Waals surface area (Å²) >= 11 is 0. The van der Waals surface area contributed by atoms with Gasteiger partial charge in [-0.15, -0.1) is 0 Å². The van der Waals surface area contributed by atoms with Crippen LogP contribution < -0.4 is 0 Å². The fourth-order valence-corrected chi connectivity index (χ4v) is 6.21. The molecule has 0 amide bonds. The van der Waals surface area contributed by atoms with Crippen LogP contribution in [0.4, 0.5) is 0 Å². The van der Waals surface area contributed by atoms with E-state index in [1.807, 2.05) is 14.1 Å². The molecule has 1 aliphatic rings. The van der Waals surface area contributed by atoms with E-state index < -0.39 is 0 Å². The Balaban J connectivity index is 2.26. The number of rotatable bonds is 20. The topological polar surface area (TPSA) is 55.8 Å². The van der Waals surface area contributed by atoms with Crippen LogP contribution in [0.15, 0.2) is 0 Å². The van der Waals surface area contributed by atoms with E-state index in [1.165, 1.54) is 103 Å². The van der Waals surface area contributed by atoms with Crippen molar-refractivity contribution >= 4 is 11.9 Å². The van der Waals surface area contributed by atoms with Crippen LogP contribution in [0.5, 0.6) is 0 Å². The lowest BCUT2D eigenvalue weighted by atomic mass is 10.0. The number of unbranched alkanes of at least 4 members (excludes halogenated alkanes) is 8. The summed E-state index contributed by atoms with van der Waals surface area (Å²) in [6.45, 7) is 3.16. The van der Waals surface area contributed by atoms with Gasteiger partial charge in [-0.1, -0.05) is 116 Å². The van der Waals surface area contributed by atoms with Crippen LogP contribution in [-0.2, 0) is 19.1 Å². The van der Waals surface area contributed by atoms with Gasteiger partial charge in [-0.25, -0.2) is 0 Å². The highest BCUT2D eigenvalue weighted by Crippen LogP contribution is 2.21. The highest BCUT2D eigenvalue weighted by Gasteiger charge is 2.16. The minimum Gasteiger partial charge on any atom is -0.462 e. The molecule has 0 radical (unpaired) electrons. The minimum absolute atomic E-state index is 0.0160. The van der Waals surface area contributed by atoms with Crippen LogP contribution in [-0.4, -0.2) is 49.7 Å². The molecule has 5 heteroatoms. The molecular formula is C37H71NO4. The fraction of sp³-hybridized carbons (Fsp3) is 0.946. The first-order valence-corrected chi connectivity index (χ1v) is 18.5. The van der Waals surface area contributed by atoms with Gasteiger partial charge in [-0.05, 0) is 84.8 Å². The highest BCUT2D eigenvalue weighted by atomic mass is 16.5. The molecule has 1 unspecified atom stereocenters. The van der Waals surface area contributed by atoms with Crippen molar-refractivity contribution in [2.24, 2.45) is 0 Å². The van der Waals surface area contributed by atoms with Crippen molar-refractivity contribution in [1.29, 1.82) is 0 Å². The molecular weight excluding hydrogens is 522 g/mol. The summed E-state index contributed by atoms with van der Waals surface area (Å²) in [7, 11) is 4.08. The molecule has 1 rings (SSSR count). The summed E-state index contributed by atoms with van der Waals surface area (Å²) in [4.78, 5) is 27.1. The number of hydrogen-bond acceptors (Lipinski definition) is 5. The van der Waals surface area contributed by atoms with Crippen LogP contribution in [0.2, 0.25) is 0 Å². The van der Waals surface area contributed by atoms with Gasteiger partial charge in [0.05, 0.1) is 0 Å². The highest BCUT2D eigenvalue weighted by molar-refractivity contribution is 5.69. The molecule has 0 heterocycles. The Morgan fingerprint density at radius 3 is 1.57 bits per heavy atom. The van der Waals surface area contributed by atoms with Gasteiger partial charge < -0.3 is 14.4 Å². The standard InChI is InChI=1S/C37H71NO4/c1-4-5-6-16-21-27-35(42-37(40)32-26-33-38(2)3)30-24-19-15-20-25-31-36(39)41-34-28-22-17-13-11-9-7-8-10-12-14-18-23-29-34/h34-35H,4-33H2,1-3H3. The van der Waals surface area contributed by atoms with Crippen LogP contribution in [0.3, 0.4) is 0 Å². The fourth-order valence-electron chi connectivity index (χ4n) is 6.21. The Bertz CT molecular complexity index is 607. The number of carbonyl (C=O) groups is 2. The van der Waals surface area contributed by atoms with Crippen molar-refractivity contribution in [1.82, 2.24) is 4.90 Å². The quantitative estimate of drug-likeness (QED) is 0.104. The third-order valence-electron chi connectivity index (χ3n) is 8.92. The molecule has 1 saturated carbocycles. The second kappa shape index (κ2) is 28.7. The first-order chi connectivity index (χ1) is 20.5. The zero-order valence-corrected chi connectivity index (χ0v) is 28.4. The summed E-state index contributed by atoms with van der Waals surface area (Å²) in [5.41, 5.74) is 0. The van der Waals surface area contributed by atoms with Crippen LogP contribution in [0.1, 0.15) is 193 Å². The van der Waals surface area contributed by atoms with Crippen molar-refractivity contribution in [3.8, 4) is 0 Å². The second-order valence-corrected chi connectivity index (χ2v) is 13.5. The normalized spacial score (nSPS) is 17.3. The maximum atomic E-state index is 12.6. The van der Waals surface area contributed by atoms with E-state index in [1.54, 1.807) is 0 Å². The molecule has 1 atom stereocenters. The predicted molar refractivity (Wildman–Crippen MR) is 178 cm³/mol. The molecule has 248 valence electrons. The number of hydrogen-bond donors (Lipinski definition) is 0. The lowest BCUT2D eigenvalue weighted by molar-refractivity contribution is -0.151. The van der Waals surface area contributed by atoms with Crippen molar-refractivity contribution in [2.45, 2.75) is 205 Å². The van der Waals surface area contributed by atoms with Crippen LogP contribution >= 0.6 is 0 Å². The molecule has 0 aliphatic heterocycles. The Hall–Kier alpha value is -1.10. The summed E-state index contributed by atoms with van der Waals surface area (Å²) < 4.78 is 11.9. The lowest BCUT2D eigenvalue weighted by Crippen LogP contribution is -2.20. The molecule has 0 spiro atoms. The Morgan fingerprint density at radius 2 is 1.05 bits per heavy atom. The third kappa shape index (κ3) is 25.4. The third-order valence-corrected chi connectivity index (χ3v) is 8.92. The molecule has 0 aromatic heterocycles. The minimum atomic E-state index is -0.0307. The molecule has 0 aromatic rings. The lowest BCUT2D eigenvalue weighted by Gasteiger charge is -2.19. The summed E-state index contributed by atoms with van der Waals surface area (Å²) in [5.74, 6) is -0.0147. The Kier molecular flexibility index (Phi) is 26.6. The second-order valence-electron chi connectivity index (χ2n) is 13.5. The predicted octanol–water partition coefficient (Wildman–Crippen LogP) is 10.7. The van der Waals surface area contributed by atoms with Gasteiger partial charge in [0.15, 0.2) is 0 Å². The molecule has 1 aliphatic carbocycles. The van der Waals surface area contributed by atoms with E-state index in [0.717, 1.165) is 77.2 Å². The molecule has 42 heavy (non-hydrogen) atoms. The Labute approximate surface area is 261 Å². The number of esters is 2. The maximum absolute atomic E-state index is 12.6.